The molecule has 0 bridgehead atoms. The van der Waals surface area contributed by atoms with Gasteiger partial charge in [0.25, 0.3) is 5.91 Å². The minimum absolute atomic E-state index is 0.0505. The lowest BCUT2D eigenvalue weighted by molar-refractivity contribution is -0.132. The van der Waals surface area contributed by atoms with Crippen LogP contribution in [0.1, 0.15) is 34.5 Å². The Morgan fingerprint density at radius 1 is 0.970 bits per heavy atom. The van der Waals surface area contributed by atoms with E-state index in [1.807, 2.05) is 53.6 Å². The lowest BCUT2D eigenvalue weighted by Gasteiger charge is -2.27. The number of rotatable bonds is 9. The van der Waals surface area contributed by atoms with E-state index in [2.05, 4.69) is 17.1 Å². The molecule has 1 saturated carbocycles. The summed E-state index contributed by atoms with van der Waals surface area (Å²) in [6, 6.07) is 21.6. The fourth-order valence-electron chi connectivity index (χ4n) is 4.23. The largest absolute Gasteiger partial charge is 0.459 e. The highest BCUT2D eigenvalue weighted by Crippen LogP contribution is 2.28. The van der Waals surface area contributed by atoms with Crippen molar-refractivity contribution in [1.29, 1.82) is 0 Å². The molecule has 2 aromatic carbocycles. The van der Waals surface area contributed by atoms with Crippen LogP contribution in [0.5, 0.6) is 0 Å². The molecule has 2 aromatic heterocycles. The van der Waals surface area contributed by atoms with Crippen molar-refractivity contribution in [3.8, 4) is 0 Å². The number of aromatic amines is 1. The highest BCUT2D eigenvalue weighted by atomic mass is 16.3. The fourth-order valence-corrected chi connectivity index (χ4v) is 4.23. The van der Waals surface area contributed by atoms with Gasteiger partial charge in [0.15, 0.2) is 5.76 Å². The molecule has 2 heterocycles. The highest BCUT2D eigenvalue weighted by molar-refractivity contribution is 5.94. The fraction of sp³-hybridized carbons (Fsp3) is 0.259. The third-order valence-electron chi connectivity index (χ3n) is 6.18. The first-order valence-corrected chi connectivity index (χ1v) is 11.4. The average molecular weight is 442 g/mol. The van der Waals surface area contributed by atoms with Gasteiger partial charge in [-0.2, -0.15) is 0 Å². The monoisotopic (exact) mass is 441 g/mol. The third kappa shape index (κ3) is 4.85. The topological polar surface area (TPSA) is 69.6 Å². The number of para-hydroxylation sites is 1. The van der Waals surface area contributed by atoms with E-state index in [1.165, 1.54) is 17.2 Å². The number of carbonyl (C=O) groups is 2. The Morgan fingerprint density at radius 2 is 1.76 bits per heavy atom. The van der Waals surface area contributed by atoms with E-state index in [4.69, 9.17) is 4.42 Å². The van der Waals surface area contributed by atoms with Gasteiger partial charge >= 0.3 is 0 Å². The molecule has 1 N–H and O–H groups in total. The van der Waals surface area contributed by atoms with Crippen LogP contribution >= 0.6 is 0 Å². The van der Waals surface area contributed by atoms with E-state index in [1.54, 1.807) is 17.0 Å². The Hall–Kier alpha value is -3.80. The summed E-state index contributed by atoms with van der Waals surface area (Å²) in [4.78, 5) is 33.3. The van der Waals surface area contributed by atoms with Crippen molar-refractivity contribution in [3.63, 3.8) is 0 Å². The zero-order valence-corrected chi connectivity index (χ0v) is 18.4. The van der Waals surface area contributed by atoms with E-state index < -0.39 is 0 Å². The quantitative estimate of drug-likeness (QED) is 0.411. The van der Waals surface area contributed by atoms with Crippen LogP contribution in [0.25, 0.3) is 10.9 Å². The number of H-pyrrole nitrogens is 1. The Morgan fingerprint density at radius 3 is 2.52 bits per heavy atom. The summed E-state index contributed by atoms with van der Waals surface area (Å²) in [5.74, 6) is 0.0146. The molecule has 0 unspecified atom stereocenters. The Balaban J connectivity index is 1.33. The van der Waals surface area contributed by atoms with E-state index in [-0.39, 0.29) is 30.2 Å². The van der Waals surface area contributed by atoms with Gasteiger partial charge in [0.05, 0.1) is 6.26 Å². The summed E-state index contributed by atoms with van der Waals surface area (Å²) in [7, 11) is 0. The van der Waals surface area contributed by atoms with Crippen LogP contribution in [0.2, 0.25) is 0 Å². The van der Waals surface area contributed by atoms with Gasteiger partial charge < -0.3 is 19.2 Å². The molecule has 0 atom stereocenters. The molecule has 0 aliphatic heterocycles. The predicted octanol–water partition coefficient (Wildman–Crippen LogP) is 4.64. The number of nitrogens with one attached hydrogen (secondary N) is 1. The summed E-state index contributed by atoms with van der Waals surface area (Å²) >= 11 is 0. The number of hydrogen-bond acceptors (Lipinski definition) is 3. The molecule has 1 aliphatic rings. The molecule has 6 nitrogen and oxygen atoms in total. The highest BCUT2D eigenvalue weighted by Gasteiger charge is 2.36. The molecule has 168 valence electrons. The normalized spacial score (nSPS) is 13.2. The Kier molecular flexibility index (Phi) is 5.98. The van der Waals surface area contributed by atoms with Crippen molar-refractivity contribution in [2.45, 2.75) is 31.8 Å². The molecule has 5 rings (SSSR count). The minimum Gasteiger partial charge on any atom is -0.459 e. The van der Waals surface area contributed by atoms with Crippen molar-refractivity contribution < 1.29 is 14.0 Å². The zero-order valence-electron chi connectivity index (χ0n) is 18.4. The zero-order chi connectivity index (χ0) is 22.6. The van der Waals surface area contributed by atoms with Crippen LogP contribution in [0.3, 0.4) is 0 Å². The molecule has 1 fully saturated rings. The van der Waals surface area contributed by atoms with Crippen molar-refractivity contribution in [2.24, 2.45) is 0 Å². The molecule has 2 amide bonds. The summed E-state index contributed by atoms with van der Waals surface area (Å²) in [6.07, 6.45) is 6.09. The van der Waals surface area contributed by atoms with Gasteiger partial charge in [0.1, 0.15) is 6.54 Å². The van der Waals surface area contributed by atoms with E-state index in [0.717, 1.165) is 30.3 Å². The Labute approximate surface area is 192 Å². The van der Waals surface area contributed by atoms with Crippen LogP contribution in [0.15, 0.2) is 83.6 Å². The summed E-state index contributed by atoms with van der Waals surface area (Å²) < 4.78 is 5.31. The number of nitrogens with zero attached hydrogens (tertiary/aromatic N) is 2. The molecule has 1 aliphatic carbocycles. The van der Waals surface area contributed by atoms with Crippen molar-refractivity contribution in [2.75, 3.05) is 13.1 Å². The number of aromatic nitrogens is 1. The van der Waals surface area contributed by atoms with Gasteiger partial charge in [-0.05, 0) is 48.6 Å². The average Bonchev–Trinajstić information content (AvgIpc) is 3.37. The number of amides is 2. The minimum atomic E-state index is -0.216. The van der Waals surface area contributed by atoms with Crippen LogP contribution < -0.4 is 0 Å². The van der Waals surface area contributed by atoms with E-state index >= 15 is 0 Å². The third-order valence-corrected chi connectivity index (χ3v) is 6.18. The maximum Gasteiger partial charge on any atom is 0.290 e. The number of furan rings is 1. The molecule has 0 radical (unpaired) electrons. The van der Waals surface area contributed by atoms with Crippen LogP contribution in [-0.4, -0.2) is 45.7 Å². The van der Waals surface area contributed by atoms with Crippen LogP contribution in [0, 0.1) is 0 Å². The van der Waals surface area contributed by atoms with E-state index in [9.17, 15) is 9.59 Å². The number of fused-ring (bicyclic) bond motifs is 1. The van der Waals surface area contributed by atoms with Gasteiger partial charge in [-0.15, -0.1) is 0 Å². The maximum atomic E-state index is 13.5. The molecule has 33 heavy (non-hydrogen) atoms. The molecule has 4 aromatic rings. The first-order chi connectivity index (χ1) is 16.2. The van der Waals surface area contributed by atoms with E-state index in [0.29, 0.717) is 13.1 Å². The number of hydrogen-bond donors (Lipinski definition) is 1. The van der Waals surface area contributed by atoms with Crippen LogP contribution in [0.4, 0.5) is 0 Å². The summed E-state index contributed by atoms with van der Waals surface area (Å²) in [5, 5.41) is 1.18. The SMILES string of the molecule is O=C(CN(C(=O)c1ccco1)C1CC1)N(CCc1c[nH]c2ccccc12)Cc1ccccc1. The van der Waals surface area contributed by atoms with Gasteiger partial charge in [-0.1, -0.05) is 48.5 Å². The molecular weight excluding hydrogens is 414 g/mol. The molecule has 0 saturated heterocycles. The lowest BCUT2D eigenvalue weighted by Crippen LogP contribution is -2.44. The number of carbonyl (C=O) groups excluding carboxylic acids is 2. The van der Waals surface area contributed by atoms with Crippen molar-refractivity contribution >= 4 is 22.7 Å². The predicted molar refractivity (Wildman–Crippen MR) is 127 cm³/mol. The second-order valence-corrected chi connectivity index (χ2v) is 8.55. The van der Waals surface area contributed by atoms with Crippen LogP contribution in [-0.2, 0) is 17.8 Å². The smallest absolute Gasteiger partial charge is 0.290 e. The van der Waals surface area contributed by atoms with Gasteiger partial charge in [0, 0.05) is 36.2 Å². The maximum absolute atomic E-state index is 13.5. The second kappa shape index (κ2) is 9.36. The lowest BCUT2D eigenvalue weighted by atomic mass is 10.1. The van der Waals surface area contributed by atoms with Crippen molar-refractivity contribution in [3.05, 3.63) is 96.1 Å². The first-order valence-electron chi connectivity index (χ1n) is 11.4. The molecule has 6 heteroatoms. The Bertz CT molecular complexity index is 1230. The second-order valence-electron chi connectivity index (χ2n) is 8.55. The van der Waals surface area contributed by atoms with Gasteiger partial charge in [-0.3, -0.25) is 9.59 Å². The standard InChI is InChI=1S/C27H27N3O3/c31-26(19-30(22-12-13-22)27(32)25-11-6-16-33-25)29(18-20-7-2-1-3-8-20)15-14-21-17-28-24-10-5-4-9-23(21)24/h1-11,16-17,22,28H,12-15,18-19H2. The first kappa shape index (κ1) is 21.1. The van der Waals surface area contributed by atoms with Gasteiger partial charge in [-0.25, -0.2) is 0 Å². The molecule has 0 spiro atoms. The molecular formula is C27H27N3O3. The van der Waals surface area contributed by atoms with Gasteiger partial charge in [0.2, 0.25) is 5.91 Å². The summed E-state index contributed by atoms with van der Waals surface area (Å²) in [6.45, 7) is 1.14. The summed E-state index contributed by atoms with van der Waals surface area (Å²) in [5.41, 5.74) is 3.35. The number of benzene rings is 2. The van der Waals surface area contributed by atoms with Crippen molar-refractivity contribution in [1.82, 2.24) is 14.8 Å².